The lowest BCUT2D eigenvalue weighted by Gasteiger charge is -2.09. The fraction of sp³-hybridized carbons (Fsp3) is 0.214. The average molecular weight is 292 g/mol. The fourth-order valence-electron chi connectivity index (χ4n) is 1.79. The zero-order chi connectivity index (χ0) is 14.6. The number of hydrogen-bond donors (Lipinski definition) is 1. The number of aryl methyl sites for hydroxylation is 1. The molecule has 0 saturated carbocycles. The van der Waals surface area contributed by atoms with Gasteiger partial charge < -0.3 is 4.74 Å². The van der Waals surface area contributed by atoms with Gasteiger partial charge in [0, 0.05) is 18.8 Å². The minimum Gasteiger partial charge on any atom is -0.481 e. The van der Waals surface area contributed by atoms with Gasteiger partial charge in [-0.25, -0.2) is 18.1 Å². The van der Waals surface area contributed by atoms with Gasteiger partial charge in [0.05, 0.1) is 12.0 Å². The number of nitrogens with one attached hydrogen (secondary N) is 1. The van der Waals surface area contributed by atoms with Crippen LogP contribution >= 0.6 is 0 Å². The van der Waals surface area contributed by atoms with Gasteiger partial charge in [0.2, 0.25) is 15.9 Å². The van der Waals surface area contributed by atoms with E-state index in [-0.39, 0.29) is 6.54 Å². The van der Waals surface area contributed by atoms with Gasteiger partial charge in [-0.15, -0.1) is 0 Å². The van der Waals surface area contributed by atoms with Crippen LogP contribution in [0.5, 0.6) is 5.88 Å². The molecule has 0 aliphatic heterocycles. The third kappa shape index (κ3) is 3.34. The number of nitrogens with zero attached hydrogens (tertiary/aromatic N) is 1. The van der Waals surface area contributed by atoms with Crippen molar-refractivity contribution in [3.8, 4) is 5.88 Å². The van der Waals surface area contributed by atoms with Crippen LogP contribution < -0.4 is 9.46 Å². The summed E-state index contributed by atoms with van der Waals surface area (Å²) in [6, 6.07) is 10.3. The first-order valence-corrected chi connectivity index (χ1v) is 7.55. The van der Waals surface area contributed by atoms with E-state index in [9.17, 15) is 8.42 Å². The molecular formula is C14H16N2O3S. The average Bonchev–Trinajstić information content (AvgIpc) is 2.46. The lowest BCUT2D eigenvalue weighted by atomic mass is 10.2. The van der Waals surface area contributed by atoms with Crippen LogP contribution in [0.2, 0.25) is 0 Å². The Morgan fingerprint density at radius 2 is 2.00 bits per heavy atom. The standard InChI is InChI=1S/C14H16N2O3S/c1-11-5-3-4-6-13(11)20(17,18)16-10-12-7-8-15-14(9-12)19-2/h3-9,16H,10H2,1-2H3. The van der Waals surface area contributed by atoms with Crippen LogP contribution in [0.25, 0.3) is 0 Å². The highest BCUT2D eigenvalue weighted by Gasteiger charge is 2.15. The maximum atomic E-state index is 12.2. The van der Waals surface area contributed by atoms with E-state index < -0.39 is 10.0 Å². The van der Waals surface area contributed by atoms with Crippen molar-refractivity contribution in [3.05, 3.63) is 53.7 Å². The Kier molecular flexibility index (Phi) is 4.36. The predicted molar refractivity (Wildman–Crippen MR) is 76.0 cm³/mol. The molecule has 2 aromatic rings. The predicted octanol–water partition coefficient (Wildman–Crippen LogP) is 1.88. The number of hydrogen-bond acceptors (Lipinski definition) is 4. The molecule has 0 radical (unpaired) electrons. The van der Waals surface area contributed by atoms with Gasteiger partial charge in [-0.05, 0) is 30.2 Å². The summed E-state index contributed by atoms with van der Waals surface area (Å²) in [7, 11) is -2.00. The molecule has 1 aromatic heterocycles. The molecule has 2 rings (SSSR count). The highest BCUT2D eigenvalue weighted by molar-refractivity contribution is 7.89. The number of aromatic nitrogens is 1. The minimum atomic E-state index is -3.52. The van der Waals surface area contributed by atoms with Crippen LogP contribution in [-0.4, -0.2) is 20.5 Å². The molecule has 1 N–H and O–H groups in total. The van der Waals surface area contributed by atoms with E-state index in [1.807, 2.05) is 6.07 Å². The van der Waals surface area contributed by atoms with Crippen molar-refractivity contribution in [2.24, 2.45) is 0 Å². The minimum absolute atomic E-state index is 0.190. The molecule has 5 nitrogen and oxygen atoms in total. The monoisotopic (exact) mass is 292 g/mol. The van der Waals surface area contributed by atoms with E-state index in [1.54, 1.807) is 43.5 Å². The molecule has 1 aromatic carbocycles. The molecule has 0 unspecified atom stereocenters. The van der Waals surface area contributed by atoms with Gasteiger partial charge in [0.15, 0.2) is 0 Å². The van der Waals surface area contributed by atoms with Gasteiger partial charge in [0.1, 0.15) is 0 Å². The normalized spacial score (nSPS) is 11.3. The third-order valence-corrected chi connectivity index (χ3v) is 4.42. The largest absolute Gasteiger partial charge is 0.481 e. The molecule has 0 spiro atoms. The summed E-state index contributed by atoms with van der Waals surface area (Å²) in [4.78, 5) is 4.27. The molecule has 0 bridgehead atoms. The number of pyridine rings is 1. The van der Waals surface area contributed by atoms with Crippen molar-refractivity contribution in [2.45, 2.75) is 18.4 Å². The first kappa shape index (κ1) is 14.5. The number of rotatable bonds is 5. The lowest BCUT2D eigenvalue weighted by Crippen LogP contribution is -2.24. The van der Waals surface area contributed by atoms with E-state index in [4.69, 9.17) is 4.74 Å². The summed E-state index contributed by atoms with van der Waals surface area (Å²) in [6.45, 7) is 1.96. The summed E-state index contributed by atoms with van der Waals surface area (Å²) in [6.07, 6.45) is 1.58. The fourth-order valence-corrected chi connectivity index (χ4v) is 3.05. The van der Waals surface area contributed by atoms with E-state index >= 15 is 0 Å². The van der Waals surface area contributed by atoms with Crippen LogP contribution in [0, 0.1) is 6.92 Å². The molecule has 1 heterocycles. The van der Waals surface area contributed by atoms with E-state index in [1.165, 1.54) is 7.11 Å². The molecule has 106 valence electrons. The van der Waals surface area contributed by atoms with Crippen LogP contribution in [0.15, 0.2) is 47.5 Å². The van der Waals surface area contributed by atoms with Crippen molar-refractivity contribution < 1.29 is 13.2 Å². The quantitative estimate of drug-likeness (QED) is 0.913. The molecule has 20 heavy (non-hydrogen) atoms. The van der Waals surface area contributed by atoms with Crippen LogP contribution in [-0.2, 0) is 16.6 Å². The lowest BCUT2D eigenvalue weighted by molar-refractivity contribution is 0.397. The zero-order valence-electron chi connectivity index (χ0n) is 11.3. The van der Waals surface area contributed by atoms with E-state index in [0.29, 0.717) is 16.3 Å². The number of benzene rings is 1. The third-order valence-electron chi connectivity index (χ3n) is 2.86. The maximum Gasteiger partial charge on any atom is 0.241 e. The second-order valence-electron chi connectivity index (χ2n) is 4.30. The summed E-state index contributed by atoms with van der Waals surface area (Å²) < 4.78 is 32.0. The summed E-state index contributed by atoms with van der Waals surface area (Å²) >= 11 is 0. The number of ether oxygens (including phenoxy) is 1. The van der Waals surface area contributed by atoms with Gasteiger partial charge in [-0.3, -0.25) is 0 Å². The molecule has 6 heteroatoms. The van der Waals surface area contributed by atoms with Crippen LogP contribution in [0.3, 0.4) is 0 Å². The molecule has 0 fully saturated rings. The second-order valence-corrected chi connectivity index (χ2v) is 6.03. The Hall–Kier alpha value is -1.92. The first-order valence-electron chi connectivity index (χ1n) is 6.07. The van der Waals surface area contributed by atoms with E-state index in [2.05, 4.69) is 9.71 Å². The van der Waals surface area contributed by atoms with Crippen LogP contribution in [0.1, 0.15) is 11.1 Å². The Morgan fingerprint density at radius 3 is 2.70 bits per heavy atom. The van der Waals surface area contributed by atoms with Gasteiger partial charge >= 0.3 is 0 Å². The van der Waals surface area contributed by atoms with Gasteiger partial charge in [-0.2, -0.15) is 0 Å². The van der Waals surface area contributed by atoms with Crippen molar-refractivity contribution in [2.75, 3.05) is 7.11 Å². The summed E-state index contributed by atoms with van der Waals surface area (Å²) in [5.41, 5.74) is 1.50. The summed E-state index contributed by atoms with van der Waals surface area (Å²) in [5.74, 6) is 0.456. The van der Waals surface area contributed by atoms with Crippen molar-refractivity contribution >= 4 is 10.0 Å². The Labute approximate surface area is 118 Å². The highest BCUT2D eigenvalue weighted by atomic mass is 32.2. The van der Waals surface area contributed by atoms with Crippen molar-refractivity contribution in [1.29, 1.82) is 0 Å². The van der Waals surface area contributed by atoms with Gasteiger partial charge in [0.25, 0.3) is 0 Å². The zero-order valence-corrected chi connectivity index (χ0v) is 12.1. The second kappa shape index (κ2) is 6.02. The Balaban J connectivity index is 2.15. The number of methoxy groups -OCH3 is 1. The molecule has 0 amide bonds. The molecule has 0 saturated heterocycles. The topological polar surface area (TPSA) is 68.3 Å². The molecule has 0 atom stereocenters. The Bertz CT molecular complexity index is 699. The van der Waals surface area contributed by atoms with E-state index in [0.717, 1.165) is 5.56 Å². The number of sulfonamides is 1. The molecular weight excluding hydrogens is 276 g/mol. The van der Waals surface area contributed by atoms with Crippen molar-refractivity contribution in [3.63, 3.8) is 0 Å². The molecule has 0 aliphatic carbocycles. The smallest absolute Gasteiger partial charge is 0.241 e. The van der Waals surface area contributed by atoms with Gasteiger partial charge in [-0.1, -0.05) is 18.2 Å². The Morgan fingerprint density at radius 1 is 1.25 bits per heavy atom. The van der Waals surface area contributed by atoms with Crippen LogP contribution in [0.4, 0.5) is 0 Å². The molecule has 0 aliphatic rings. The maximum absolute atomic E-state index is 12.2. The van der Waals surface area contributed by atoms with Crippen molar-refractivity contribution in [1.82, 2.24) is 9.71 Å². The first-order chi connectivity index (χ1) is 9.53. The SMILES string of the molecule is COc1cc(CNS(=O)(=O)c2ccccc2C)ccn1. The summed E-state index contributed by atoms with van der Waals surface area (Å²) in [5, 5.41) is 0. The highest BCUT2D eigenvalue weighted by Crippen LogP contribution is 2.15.